The van der Waals surface area contributed by atoms with E-state index < -0.39 is 0 Å². The summed E-state index contributed by atoms with van der Waals surface area (Å²) in [5.74, 6) is 0.118. The second-order valence-electron chi connectivity index (χ2n) is 4.53. The predicted octanol–water partition coefficient (Wildman–Crippen LogP) is 0.421. The van der Waals surface area contributed by atoms with E-state index in [1.54, 1.807) is 10.9 Å². The molecule has 5 heteroatoms. The average molecular weight is 238 g/mol. The van der Waals surface area contributed by atoms with Crippen molar-refractivity contribution in [3.8, 4) is 0 Å². The molecule has 1 aromatic heterocycles. The number of nitrogens with zero attached hydrogens (tertiary/aromatic N) is 3. The molecule has 0 aliphatic rings. The van der Waals surface area contributed by atoms with Crippen LogP contribution in [-0.2, 0) is 18.3 Å². The first-order valence-electron chi connectivity index (χ1n) is 5.97. The molecule has 0 saturated carbocycles. The van der Waals surface area contributed by atoms with Crippen molar-refractivity contribution in [2.75, 3.05) is 27.2 Å². The van der Waals surface area contributed by atoms with Crippen LogP contribution >= 0.6 is 0 Å². The summed E-state index contributed by atoms with van der Waals surface area (Å²) in [6, 6.07) is 0. The lowest BCUT2D eigenvalue weighted by Gasteiger charge is -2.09. The van der Waals surface area contributed by atoms with Crippen LogP contribution < -0.4 is 5.32 Å². The van der Waals surface area contributed by atoms with Crippen LogP contribution in [0.2, 0.25) is 0 Å². The van der Waals surface area contributed by atoms with Gasteiger partial charge in [-0.1, -0.05) is 0 Å². The maximum absolute atomic E-state index is 11.5. The van der Waals surface area contributed by atoms with Gasteiger partial charge in [0.2, 0.25) is 5.91 Å². The number of hydrogen-bond acceptors (Lipinski definition) is 3. The highest BCUT2D eigenvalue weighted by atomic mass is 16.1. The lowest BCUT2D eigenvalue weighted by molar-refractivity contribution is -0.121. The molecule has 0 radical (unpaired) electrons. The molecule has 17 heavy (non-hydrogen) atoms. The van der Waals surface area contributed by atoms with Gasteiger partial charge in [-0.05, 0) is 39.0 Å². The minimum absolute atomic E-state index is 0.118. The number of hydrogen-bond donors (Lipinski definition) is 1. The second kappa shape index (κ2) is 7.06. The van der Waals surface area contributed by atoms with E-state index in [0.29, 0.717) is 6.42 Å². The Morgan fingerprint density at radius 1 is 1.53 bits per heavy atom. The molecule has 1 N–H and O–H groups in total. The molecule has 0 saturated heterocycles. The van der Waals surface area contributed by atoms with Crippen LogP contribution in [0.25, 0.3) is 0 Å². The molecule has 0 unspecified atom stereocenters. The number of carbonyl (C=O) groups excluding carboxylic acids is 1. The van der Waals surface area contributed by atoms with E-state index in [2.05, 4.69) is 15.3 Å². The average Bonchev–Trinajstić information content (AvgIpc) is 2.67. The monoisotopic (exact) mass is 238 g/mol. The molecule has 1 amide bonds. The van der Waals surface area contributed by atoms with Gasteiger partial charge in [0, 0.05) is 26.2 Å². The van der Waals surface area contributed by atoms with Crippen molar-refractivity contribution in [1.82, 2.24) is 20.0 Å². The molecular formula is C12H22N4O. The van der Waals surface area contributed by atoms with Crippen LogP contribution in [0, 0.1) is 0 Å². The lowest BCUT2D eigenvalue weighted by atomic mass is 10.2. The number of amides is 1. The third-order valence-corrected chi connectivity index (χ3v) is 2.50. The Morgan fingerprint density at radius 2 is 2.29 bits per heavy atom. The van der Waals surface area contributed by atoms with Crippen LogP contribution in [0.4, 0.5) is 0 Å². The molecule has 1 rings (SSSR count). The van der Waals surface area contributed by atoms with Gasteiger partial charge in [-0.2, -0.15) is 5.10 Å². The Kier molecular flexibility index (Phi) is 5.69. The zero-order chi connectivity index (χ0) is 12.7. The molecular weight excluding hydrogens is 216 g/mol. The number of rotatable bonds is 7. The van der Waals surface area contributed by atoms with Crippen molar-refractivity contribution in [2.45, 2.75) is 19.3 Å². The Hall–Kier alpha value is -1.36. The van der Waals surface area contributed by atoms with Crippen LogP contribution in [0.15, 0.2) is 12.4 Å². The Balaban J connectivity index is 2.09. The summed E-state index contributed by atoms with van der Waals surface area (Å²) >= 11 is 0. The van der Waals surface area contributed by atoms with Gasteiger partial charge >= 0.3 is 0 Å². The third kappa shape index (κ3) is 6.06. The summed E-state index contributed by atoms with van der Waals surface area (Å²) in [7, 11) is 5.94. The molecule has 1 heterocycles. The van der Waals surface area contributed by atoms with Gasteiger partial charge in [0.1, 0.15) is 0 Å². The summed E-state index contributed by atoms with van der Waals surface area (Å²) in [4.78, 5) is 13.6. The molecule has 96 valence electrons. The number of nitrogens with one attached hydrogen (secondary N) is 1. The van der Waals surface area contributed by atoms with E-state index in [-0.39, 0.29) is 5.91 Å². The minimum atomic E-state index is 0.118. The zero-order valence-electron chi connectivity index (χ0n) is 10.9. The first-order chi connectivity index (χ1) is 8.08. The first-order valence-corrected chi connectivity index (χ1v) is 5.97. The van der Waals surface area contributed by atoms with Crippen molar-refractivity contribution in [2.24, 2.45) is 7.05 Å². The highest BCUT2D eigenvalue weighted by Gasteiger charge is 2.03. The fourth-order valence-electron chi connectivity index (χ4n) is 1.57. The van der Waals surface area contributed by atoms with Gasteiger partial charge in [-0.25, -0.2) is 0 Å². The van der Waals surface area contributed by atoms with Gasteiger partial charge in [0.05, 0.1) is 6.20 Å². The summed E-state index contributed by atoms with van der Waals surface area (Å²) in [5, 5.41) is 6.99. The van der Waals surface area contributed by atoms with Crippen LogP contribution in [-0.4, -0.2) is 47.8 Å². The van der Waals surface area contributed by atoms with Crippen molar-refractivity contribution < 1.29 is 4.79 Å². The number of aryl methyl sites for hydroxylation is 2. The molecule has 0 spiro atoms. The number of aromatic nitrogens is 2. The summed E-state index contributed by atoms with van der Waals surface area (Å²) < 4.78 is 1.75. The van der Waals surface area contributed by atoms with Gasteiger partial charge in [0.15, 0.2) is 0 Å². The number of carbonyl (C=O) groups is 1. The minimum Gasteiger partial charge on any atom is -0.356 e. The molecule has 5 nitrogen and oxygen atoms in total. The van der Waals surface area contributed by atoms with E-state index in [1.165, 1.54) is 0 Å². The van der Waals surface area contributed by atoms with Gasteiger partial charge in [0.25, 0.3) is 0 Å². The maximum Gasteiger partial charge on any atom is 0.220 e. The topological polar surface area (TPSA) is 50.2 Å². The van der Waals surface area contributed by atoms with E-state index >= 15 is 0 Å². The second-order valence-corrected chi connectivity index (χ2v) is 4.53. The standard InChI is InChI=1S/C12H22N4O/c1-15(2)8-4-7-13-12(17)6-5-11-9-14-16(3)10-11/h9-10H,4-8H2,1-3H3,(H,13,17). The zero-order valence-corrected chi connectivity index (χ0v) is 10.9. The molecule has 0 atom stereocenters. The molecule has 0 bridgehead atoms. The first kappa shape index (κ1) is 13.7. The van der Waals surface area contributed by atoms with Gasteiger partial charge < -0.3 is 10.2 Å². The largest absolute Gasteiger partial charge is 0.356 e. The fourth-order valence-corrected chi connectivity index (χ4v) is 1.57. The normalized spacial score (nSPS) is 10.8. The van der Waals surface area contributed by atoms with E-state index in [9.17, 15) is 4.79 Å². The molecule has 1 aromatic rings. The highest BCUT2D eigenvalue weighted by molar-refractivity contribution is 5.76. The van der Waals surface area contributed by atoms with Crippen molar-refractivity contribution in [3.63, 3.8) is 0 Å². The smallest absolute Gasteiger partial charge is 0.220 e. The highest BCUT2D eigenvalue weighted by Crippen LogP contribution is 2.00. The molecule has 0 aliphatic heterocycles. The summed E-state index contributed by atoms with van der Waals surface area (Å²) in [5.41, 5.74) is 1.11. The predicted molar refractivity (Wildman–Crippen MR) is 67.7 cm³/mol. The molecule has 0 aliphatic carbocycles. The van der Waals surface area contributed by atoms with Crippen molar-refractivity contribution in [3.05, 3.63) is 18.0 Å². The van der Waals surface area contributed by atoms with E-state index in [0.717, 1.165) is 31.5 Å². The lowest BCUT2D eigenvalue weighted by Crippen LogP contribution is -2.27. The maximum atomic E-state index is 11.5. The molecule has 0 fully saturated rings. The van der Waals surface area contributed by atoms with Crippen LogP contribution in [0.1, 0.15) is 18.4 Å². The van der Waals surface area contributed by atoms with Crippen molar-refractivity contribution >= 4 is 5.91 Å². The quantitative estimate of drug-likeness (QED) is 0.700. The summed E-state index contributed by atoms with van der Waals surface area (Å²) in [6.07, 6.45) is 6.03. The Labute approximate surface area is 103 Å². The van der Waals surface area contributed by atoms with Gasteiger partial charge in [-0.3, -0.25) is 9.48 Å². The molecule has 0 aromatic carbocycles. The van der Waals surface area contributed by atoms with Crippen LogP contribution in [0.5, 0.6) is 0 Å². The van der Waals surface area contributed by atoms with E-state index in [4.69, 9.17) is 0 Å². The van der Waals surface area contributed by atoms with E-state index in [1.807, 2.05) is 27.3 Å². The van der Waals surface area contributed by atoms with Crippen molar-refractivity contribution in [1.29, 1.82) is 0 Å². The summed E-state index contributed by atoms with van der Waals surface area (Å²) in [6.45, 7) is 1.76. The third-order valence-electron chi connectivity index (χ3n) is 2.50. The SMILES string of the molecule is CN(C)CCCNC(=O)CCc1cnn(C)c1. The fraction of sp³-hybridized carbons (Fsp3) is 0.667. The Morgan fingerprint density at radius 3 is 2.88 bits per heavy atom. The van der Waals surface area contributed by atoms with Gasteiger partial charge in [-0.15, -0.1) is 0 Å². The van der Waals surface area contributed by atoms with Crippen LogP contribution in [0.3, 0.4) is 0 Å². The Bertz CT molecular complexity index is 346.